The van der Waals surface area contributed by atoms with Gasteiger partial charge in [-0.15, -0.1) is 0 Å². The van der Waals surface area contributed by atoms with Gasteiger partial charge in [-0.1, -0.05) is 11.6 Å². The van der Waals surface area contributed by atoms with Crippen molar-refractivity contribution in [3.8, 4) is 5.82 Å². The highest BCUT2D eigenvalue weighted by molar-refractivity contribution is 6.33. The van der Waals surface area contributed by atoms with Crippen LogP contribution in [0.15, 0.2) is 29.3 Å². The lowest BCUT2D eigenvalue weighted by atomic mass is 10.0. The Bertz CT molecular complexity index is 954. The molecule has 2 aromatic heterocycles. The number of likely N-dealkylation sites (tertiary alicyclic amines) is 1. The molecule has 30 heavy (non-hydrogen) atoms. The van der Waals surface area contributed by atoms with E-state index in [2.05, 4.69) is 26.8 Å². The second-order valence-corrected chi connectivity index (χ2v) is 8.29. The average molecular weight is 442 g/mol. The highest BCUT2D eigenvalue weighted by atomic mass is 35.5. The first-order chi connectivity index (χ1) is 14.3. The van der Waals surface area contributed by atoms with Crippen molar-refractivity contribution in [3.05, 3.63) is 45.5 Å². The summed E-state index contributed by atoms with van der Waals surface area (Å²) in [6.07, 6.45) is 2.13. The third-order valence-electron chi connectivity index (χ3n) is 6.07. The molecule has 162 valence electrons. The smallest absolute Gasteiger partial charge is 0.369 e. The van der Waals surface area contributed by atoms with Gasteiger partial charge in [0.1, 0.15) is 5.02 Å². The van der Waals surface area contributed by atoms with Crippen molar-refractivity contribution in [1.29, 1.82) is 0 Å². The molecule has 0 aromatic carbocycles. The summed E-state index contributed by atoms with van der Waals surface area (Å²) in [6.45, 7) is 4.97. The molecule has 0 saturated carbocycles. The van der Waals surface area contributed by atoms with Gasteiger partial charge in [0.25, 0.3) is 5.56 Å². The molecule has 1 atom stereocenters. The van der Waals surface area contributed by atoms with Gasteiger partial charge in [0, 0.05) is 31.4 Å². The van der Waals surface area contributed by atoms with Crippen LogP contribution in [0.25, 0.3) is 5.82 Å². The molecule has 0 spiro atoms. The van der Waals surface area contributed by atoms with Crippen LogP contribution in [0.5, 0.6) is 0 Å². The largest absolute Gasteiger partial charge is 0.417 e. The van der Waals surface area contributed by atoms with Gasteiger partial charge in [-0.2, -0.15) is 23.0 Å². The van der Waals surface area contributed by atoms with Crippen molar-refractivity contribution in [2.24, 2.45) is 0 Å². The van der Waals surface area contributed by atoms with E-state index in [1.807, 2.05) is 0 Å². The van der Waals surface area contributed by atoms with Gasteiger partial charge in [-0.25, -0.2) is 4.98 Å². The number of halogens is 4. The van der Waals surface area contributed by atoms with Crippen molar-refractivity contribution in [3.63, 3.8) is 0 Å². The van der Waals surface area contributed by atoms with Gasteiger partial charge in [0.2, 0.25) is 0 Å². The van der Waals surface area contributed by atoms with E-state index in [4.69, 9.17) is 11.6 Å². The Morgan fingerprint density at radius 2 is 1.83 bits per heavy atom. The van der Waals surface area contributed by atoms with E-state index in [1.54, 1.807) is 0 Å². The number of hydrogen-bond acceptors (Lipinski definition) is 5. The molecule has 4 heterocycles. The number of piperidine rings is 1. The summed E-state index contributed by atoms with van der Waals surface area (Å²) in [5.41, 5.74) is -0.938. The minimum Gasteiger partial charge on any atom is -0.369 e. The SMILES string of the molecule is CC1CCCN1C1CCN(c2cnn(-c3ccc(C(F)(F)F)cn3)c(=O)c2Cl)CC1. The van der Waals surface area contributed by atoms with Crippen molar-refractivity contribution < 1.29 is 13.2 Å². The number of anilines is 1. The standard InChI is InChI=1S/C20H23ClF3N5O/c1-13-3-2-8-28(13)15-6-9-27(10-7-15)16-12-26-29(19(30)18(16)21)17-5-4-14(11-25-17)20(22,23)24/h4-5,11-13,15H,2-3,6-10H2,1H3. The molecule has 2 aromatic rings. The summed E-state index contributed by atoms with van der Waals surface area (Å²) < 4.78 is 39.1. The lowest BCUT2D eigenvalue weighted by Gasteiger charge is -2.39. The molecule has 2 saturated heterocycles. The van der Waals surface area contributed by atoms with Crippen LogP contribution in [0.1, 0.15) is 38.2 Å². The second-order valence-electron chi connectivity index (χ2n) is 7.91. The molecule has 2 fully saturated rings. The predicted octanol–water partition coefficient (Wildman–Crippen LogP) is 3.75. The second kappa shape index (κ2) is 8.19. The minimum absolute atomic E-state index is 0.000288. The van der Waals surface area contributed by atoms with Crippen LogP contribution in [0, 0.1) is 0 Å². The third-order valence-corrected chi connectivity index (χ3v) is 6.43. The Morgan fingerprint density at radius 1 is 1.10 bits per heavy atom. The fraction of sp³-hybridized carbons (Fsp3) is 0.550. The molecule has 10 heteroatoms. The molecule has 1 unspecified atom stereocenters. The molecule has 0 N–H and O–H groups in total. The van der Waals surface area contributed by atoms with Crippen LogP contribution in [0.2, 0.25) is 5.02 Å². The molecule has 0 bridgehead atoms. The lowest BCUT2D eigenvalue weighted by molar-refractivity contribution is -0.137. The molecule has 2 aliphatic heterocycles. The maximum absolute atomic E-state index is 12.7. The monoisotopic (exact) mass is 441 g/mol. The summed E-state index contributed by atoms with van der Waals surface area (Å²) in [5, 5.41) is 4.11. The Balaban J connectivity index is 1.50. The highest BCUT2D eigenvalue weighted by Gasteiger charge is 2.32. The third kappa shape index (κ3) is 4.05. The normalized spacial score (nSPS) is 21.4. The van der Waals surface area contributed by atoms with Crippen LogP contribution in [-0.4, -0.2) is 51.4 Å². The van der Waals surface area contributed by atoms with Crippen molar-refractivity contribution in [2.45, 2.75) is 50.9 Å². The quantitative estimate of drug-likeness (QED) is 0.726. The summed E-state index contributed by atoms with van der Waals surface area (Å²) in [7, 11) is 0. The zero-order chi connectivity index (χ0) is 21.5. The molecular weight excluding hydrogens is 419 g/mol. The van der Waals surface area contributed by atoms with Gasteiger partial charge in [-0.05, 0) is 51.3 Å². The summed E-state index contributed by atoms with van der Waals surface area (Å²) in [6, 6.07) is 3.13. The number of aromatic nitrogens is 3. The molecular formula is C20H23ClF3N5O. The summed E-state index contributed by atoms with van der Waals surface area (Å²) >= 11 is 6.34. The van der Waals surface area contributed by atoms with Gasteiger partial charge >= 0.3 is 6.18 Å². The maximum Gasteiger partial charge on any atom is 0.417 e. The first-order valence-corrected chi connectivity index (χ1v) is 10.5. The van der Waals surface area contributed by atoms with Crippen molar-refractivity contribution in [1.82, 2.24) is 19.7 Å². The van der Waals surface area contributed by atoms with Gasteiger partial charge in [0.15, 0.2) is 5.82 Å². The molecule has 0 radical (unpaired) electrons. The van der Waals surface area contributed by atoms with Crippen LogP contribution < -0.4 is 10.5 Å². The van der Waals surface area contributed by atoms with E-state index in [-0.39, 0.29) is 10.8 Å². The Labute approximate surface area is 177 Å². The fourth-order valence-electron chi connectivity index (χ4n) is 4.42. The highest BCUT2D eigenvalue weighted by Crippen LogP contribution is 2.30. The first-order valence-electron chi connectivity index (χ1n) is 10.1. The van der Waals surface area contributed by atoms with E-state index < -0.39 is 17.3 Å². The summed E-state index contributed by atoms with van der Waals surface area (Å²) in [5.74, 6) is -0.0109. The minimum atomic E-state index is -4.50. The zero-order valence-electron chi connectivity index (χ0n) is 16.6. The molecule has 2 aliphatic rings. The first kappa shape index (κ1) is 21.1. The van der Waals surface area contributed by atoms with E-state index in [1.165, 1.54) is 19.0 Å². The Hall–Kier alpha value is -2.13. The van der Waals surface area contributed by atoms with E-state index in [0.717, 1.165) is 49.3 Å². The summed E-state index contributed by atoms with van der Waals surface area (Å²) in [4.78, 5) is 21.1. The zero-order valence-corrected chi connectivity index (χ0v) is 17.3. The van der Waals surface area contributed by atoms with E-state index in [0.29, 0.717) is 24.0 Å². The van der Waals surface area contributed by atoms with Crippen molar-refractivity contribution in [2.75, 3.05) is 24.5 Å². The number of hydrogen-bond donors (Lipinski definition) is 0. The predicted molar refractivity (Wildman–Crippen MR) is 108 cm³/mol. The van der Waals surface area contributed by atoms with Crippen molar-refractivity contribution >= 4 is 17.3 Å². The molecule has 6 nitrogen and oxygen atoms in total. The average Bonchev–Trinajstić information content (AvgIpc) is 3.15. The van der Waals surface area contributed by atoms with E-state index >= 15 is 0 Å². The van der Waals surface area contributed by atoms with Crippen LogP contribution in [0.4, 0.5) is 18.9 Å². The number of pyridine rings is 1. The molecule has 0 amide bonds. The molecule has 4 rings (SSSR count). The van der Waals surface area contributed by atoms with E-state index in [9.17, 15) is 18.0 Å². The Kier molecular flexibility index (Phi) is 5.76. The topological polar surface area (TPSA) is 54.3 Å². The van der Waals surface area contributed by atoms with Gasteiger partial charge in [0.05, 0.1) is 17.4 Å². The lowest BCUT2D eigenvalue weighted by Crippen LogP contribution is -2.46. The number of nitrogens with zero attached hydrogens (tertiary/aromatic N) is 5. The van der Waals surface area contributed by atoms with Crippen LogP contribution in [-0.2, 0) is 6.18 Å². The number of rotatable bonds is 3. The fourth-order valence-corrected chi connectivity index (χ4v) is 4.67. The Morgan fingerprint density at radius 3 is 2.40 bits per heavy atom. The van der Waals surface area contributed by atoms with Gasteiger partial charge in [-0.3, -0.25) is 9.69 Å². The van der Waals surface area contributed by atoms with Gasteiger partial charge < -0.3 is 4.90 Å². The maximum atomic E-state index is 12.7. The molecule has 0 aliphatic carbocycles. The van der Waals surface area contributed by atoms with Crippen LogP contribution >= 0.6 is 11.6 Å². The number of alkyl halides is 3. The van der Waals surface area contributed by atoms with Crippen LogP contribution in [0.3, 0.4) is 0 Å².